The Hall–Kier alpha value is -6.92. The van der Waals surface area contributed by atoms with E-state index >= 15 is 0 Å². The molecule has 0 fully saturated rings. The summed E-state index contributed by atoms with van der Waals surface area (Å²) < 4.78 is 11.3. The van der Waals surface area contributed by atoms with Gasteiger partial charge in [0.2, 0.25) is 6.71 Å². The topological polar surface area (TPSA) is 48.8 Å². The van der Waals surface area contributed by atoms with Gasteiger partial charge in [-0.1, -0.05) is 120 Å². The summed E-state index contributed by atoms with van der Waals surface area (Å²) in [5, 5.41) is 7.02. The molecule has 0 bridgehead atoms. The van der Waals surface area contributed by atoms with E-state index in [1.807, 2.05) is 42.7 Å². The Balaban J connectivity index is 1.23. The highest BCUT2D eigenvalue weighted by Gasteiger charge is 2.28. The van der Waals surface area contributed by atoms with E-state index in [4.69, 9.17) is 14.4 Å². The average Bonchev–Trinajstić information content (AvgIpc) is 3.86. The number of aromatic nitrogens is 4. The summed E-state index contributed by atoms with van der Waals surface area (Å²) in [6.45, 7) is -0.150. The minimum Gasteiger partial charge on any atom is -0.457 e. The summed E-state index contributed by atoms with van der Waals surface area (Å²) in [7, 11) is 0. The first-order valence-electron chi connectivity index (χ1n) is 17.6. The molecule has 5 nitrogen and oxygen atoms in total. The summed E-state index contributed by atoms with van der Waals surface area (Å²) in [6, 6.07) is 58.1. The fraction of sp³-hybridized carbons (Fsp3) is 0. The Bertz CT molecular complexity index is 2980. The van der Waals surface area contributed by atoms with Crippen molar-refractivity contribution in [3.63, 3.8) is 0 Å². The van der Waals surface area contributed by atoms with Crippen LogP contribution in [-0.4, -0.2) is 25.8 Å². The van der Waals surface area contributed by atoms with Gasteiger partial charge in [0.15, 0.2) is 0 Å². The van der Waals surface area contributed by atoms with Crippen LogP contribution in [0.15, 0.2) is 181 Å². The predicted octanol–water partition coefficient (Wildman–Crippen LogP) is 9.09. The number of rotatable bonds is 5. The molecule has 6 heteroatoms. The summed E-state index contributed by atoms with van der Waals surface area (Å²) >= 11 is 0. The van der Waals surface area contributed by atoms with Crippen molar-refractivity contribution in [1.82, 2.24) is 19.1 Å². The summed E-state index contributed by atoms with van der Waals surface area (Å²) in [5.41, 5.74) is 9.74. The molecule has 0 spiro atoms. The fourth-order valence-electron chi connectivity index (χ4n) is 8.35. The second-order valence-electron chi connectivity index (χ2n) is 13.4. The van der Waals surface area contributed by atoms with Crippen molar-refractivity contribution in [2.24, 2.45) is 0 Å². The molecule has 0 saturated carbocycles. The van der Waals surface area contributed by atoms with Gasteiger partial charge in [0.1, 0.15) is 22.8 Å². The van der Waals surface area contributed by atoms with E-state index in [1.165, 1.54) is 32.5 Å². The van der Waals surface area contributed by atoms with Crippen LogP contribution in [0.4, 0.5) is 0 Å². The van der Waals surface area contributed by atoms with E-state index in [2.05, 4.69) is 143 Å². The third-order valence-corrected chi connectivity index (χ3v) is 10.6. The average molecular weight is 665 g/mol. The van der Waals surface area contributed by atoms with Crippen LogP contribution in [0.25, 0.3) is 77.2 Å². The van der Waals surface area contributed by atoms with Gasteiger partial charge in [-0.3, -0.25) is 9.13 Å². The predicted molar refractivity (Wildman–Crippen MR) is 216 cm³/mol. The zero-order chi connectivity index (χ0) is 34.2. The number of para-hydroxylation sites is 4. The van der Waals surface area contributed by atoms with E-state index < -0.39 is 0 Å². The lowest BCUT2D eigenvalue weighted by molar-refractivity contribution is 0.671. The van der Waals surface area contributed by atoms with Crippen LogP contribution in [-0.2, 0) is 0 Å². The highest BCUT2D eigenvalue weighted by Crippen LogP contribution is 2.33. The Morgan fingerprint density at radius 3 is 1.48 bits per heavy atom. The molecule has 0 N–H and O–H groups in total. The lowest BCUT2D eigenvalue weighted by atomic mass is 9.36. The molecule has 5 heterocycles. The second-order valence-corrected chi connectivity index (χ2v) is 13.4. The molecule has 0 radical (unpaired) electrons. The highest BCUT2D eigenvalue weighted by molar-refractivity contribution is 6.97. The maximum absolute atomic E-state index is 6.73. The summed E-state index contributed by atoms with van der Waals surface area (Å²) in [4.78, 5) is 9.62. The lowest BCUT2D eigenvalue weighted by Crippen LogP contribution is -2.52. The second kappa shape index (κ2) is 11.3. The van der Waals surface area contributed by atoms with Crippen molar-refractivity contribution in [2.45, 2.75) is 0 Å². The fourth-order valence-corrected chi connectivity index (χ4v) is 8.35. The normalized spacial score (nSPS) is 11.8. The molecule has 11 aromatic rings. The first kappa shape index (κ1) is 28.9. The smallest absolute Gasteiger partial charge is 0.246 e. The molecule has 0 saturated heterocycles. The Kier molecular flexibility index (Phi) is 6.28. The van der Waals surface area contributed by atoms with Gasteiger partial charge in [-0.25, -0.2) is 9.97 Å². The maximum Gasteiger partial charge on any atom is 0.246 e. The van der Waals surface area contributed by atoms with Crippen LogP contribution in [0.5, 0.6) is 0 Å². The van der Waals surface area contributed by atoms with Gasteiger partial charge in [0, 0.05) is 44.7 Å². The lowest BCUT2D eigenvalue weighted by Gasteiger charge is -2.18. The van der Waals surface area contributed by atoms with Crippen molar-refractivity contribution in [3.05, 3.63) is 176 Å². The molecule has 0 atom stereocenters. The molecule has 5 aromatic heterocycles. The van der Waals surface area contributed by atoms with Gasteiger partial charge in [-0.15, -0.1) is 0 Å². The molecule has 52 heavy (non-hydrogen) atoms. The minimum atomic E-state index is -0.150. The molecular formula is C46H29BN4O. The molecule has 0 aliphatic rings. The van der Waals surface area contributed by atoms with Crippen molar-refractivity contribution in [2.75, 3.05) is 0 Å². The van der Waals surface area contributed by atoms with Crippen molar-refractivity contribution >= 4 is 88.7 Å². The van der Waals surface area contributed by atoms with Crippen LogP contribution in [0.3, 0.4) is 0 Å². The van der Waals surface area contributed by atoms with Gasteiger partial charge in [0.05, 0.1) is 22.1 Å². The van der Waals surface area contributed by atoms with E-state index in [0.717, 1.165) is 61.1 Å². The number of benzene rings is 6. The SMILES string of the molecule is c1ccc(-n2c3ccccc3c3ccc(B(c4ccc5c6ccccc6n(-c6ccccn6)c5c4)c4cccc5c4oc4ccccc45)cc32)nc1. The van der Waals surface area contributed by atoms with Crippen LogP contribution in [0.2, 0.25) is 0 Å². The monoisotopic (exact) mass is 664 g/mol. The molecular weight excluding hydrogens is 635 g/mol. The maximum atomic E-state index is 6.73. The number of fused-ring (bicyclic) bond motifs is 9. The third kappa shape index (κ3) is 4.24. The molecule has 0 aliphatic carbocycles. The van der Waals surface area contributed by atoms with Gasteiger partial charge in [-0.2, -0.15) is 0 Å². The van der Waals surface area contributed by atoms with Crippen molar-refractivity contribution < 1.29 is 4.42 Å². The van der Waals surface area contributed by atoms with E-state index in [1.54, 1.807) is 0 Å². The molecule has 0 aliphatic heterocycles. The Labute approximate surface area is 299 Å². The number of hydrogen-bond donors (Lipinski definition) is 0. The number of hydrogen-bond acceptors (Lipinski definition) is 3. The minimum absolute atomic E-state index is 0.150. The van der Waals surface area contributed by atoms with Gasteiger partial charge in [-0.05, 0) is 60.1 Å². The van der Waals surface area contributed by atoms with E-state index in [-0.39, 0.29) is 6.71 Å². The number of nitrogens with zero attached hydrogens (tertiary/aromatic N) is 4. The molecule has 0 amide bonds. The zero-order valence-electron chi connectivity index (χ0n) is 28.0. The Morgan fingerprint density at radius 1 is 0.404 bits per heavy atom. The van der Waals surface area contributed by atoms with E-state index in [9.17, 15) is 0 Å². The quantitative estimate of drug-likeness (QED) is 0.173. The summed E-state index contributed by atoms with van der Waals surface area (Å²) in [5.74, 6) is 1.78. The third-order valence-electron chi connectivity index (χ3n) is 10.6. The first-order chi connectivity index (χ1) is 25.8. The molecule has 242 valence electrons. The number of furan rings is 1. The van der Waals surface area contributed by atoms with Crippen LogP contribution in [0.1, 0.15) is 0 Å². The van der Waals surface area contributed by atoms with Crippen molar-refractivity contribution in [3.8, 4) is 11.6 Å². The van der Waals surface area contributed by atoms with E-state index in [0.29, 0.717) is 0 Å². The number of pyridine rings is 2. The Morgan fingerprint density at radius 2 is 0.904 bits per heavy atom. The molecule has 6 aromatic carbocycles. The van der Waals surface area contributed by atoms with Crippen LogP contribution in [0, 0.1) is 0 Å². The van der Waals surface area contributed by atoms with Gasteiger partial charge in [0.25, 0.3) is 0 Å². The van der Waals surface area contributed by atoms with Crippen LogP contribution < -0.4 is 16.4 Å². The summed E-state index contributed by atoms with van der Waals surface area (Å²) in [6.07, 6.45) is 3.72. The standard InChI is InChI=1S/C46H29BN4O/c1-4-17-39-32(12-1)34-24-22-30(28-41(34)50(39)44-20-7-9-26-48-44)47(38-16-11-15-37-36-14-3-6-19-43(36)52-46(37)38)31-23-25-35-33-13-2-5-18-40(33)51(42(35)29-31)45-21-8-10-27-49-45/h1-29H. The highest BCUT2D eigenvalue weighted by atomic mass is 16.3. The first-order valence-corrected chi connectivity index (χ1v) is 17.6. The van der Waals surface area contributed by atoms with Gasteiger partial charge >= 0.3 is 0 Å². The van der Waals surface area contributed by atoms with Gasteiger partial charge < -0.3 is 4.42 Å². The molecule has 11 rings (SSSR count). The zero-order valence-corrected chi connectivity index (χ0v) is 28.0. The molecule has 0 unspecified atom stereocenters. The van der Waals surface area contributed by atoms with Crippen molar-refractivity contribution in [1.29, 1.82) is 0 Å². The largest absolute Gasteiger partial charge is 0.457 e. The van der Waals surface area contributed by atoms with Crippen LogP contribution >= 0.6 is 0 Å².